The molecule has 0 aliphatic carbocycles. The van der Waals surface area contributed by atoms with Crippen LogP contribution in [0, 0.1) is 16.2 Å². The fraction of sp³-hybridized carbons (Fsp3) is 1.00. The molecular formula is C22H41F5O3. The van der Waals surface area contributed by atoms with Crippen molar-refractivity contribution in [1.82, 2.24) is 0 Å². The molecule has 3 atom stereocenters. The van der Waals surface area contributed by atoms with E-state index in [0.717, 1.165) is 13.8 Å². The number of halogens is 5. The van der Waals surface area contributed by atoms with Crippen LogP contribution in [0.1, 0.15) is 81.6 Å². The SMILES string of the molecule is CCC(C)(COCC(C)(COC(C)C)CC(C)(C)O)C(F)(F)C(C)(CC)C(F)(F)F. The number of aliphatic hydroxyl groups is 1. The minimum absolute atomic E-state index is 0.0236. The van der Waals surface area contributed by atoms with E-state index >= 15 is 8.78 Å². The highest BCUT2D eigenvalue weighted by atomic mass is 19.4. The molecule has 0 radical (unpaired) electrons. The highest BCUT2D eigenvalue weighted by molar-refractivity contribution is 5.03. The van der Waals surface area contributed by atoms with Gasteiger partial charge in [0.05, 0.1) is 36.9 Å². The van der Waals surface area contributed by atoms with Gasteiger partial charge in [-0.1, -0.05) is 27.7 Å². The van der Waals surface area contributed by atoms with Gasteiger partial charge in [0.15, 0.2) is 0 Å². The Hall–Kier alpha value is -0.470. The largest absolute Gasteiger partial charge is 0.399 e. The molecule has 0 spiro atoms. The van der Waals surface area contributed by atoms with E-state index in [0.29, 0.717) is 6.92 Å². The summed E-state index contributed by atoms with van der Waals surface area (Å²) in [4.78, 5) is 0. The molecule has 0 saturated heterocycles. The molecule has 0 aromatic carbocycles. The van der Waals surface area contributed by atoms with Crippen LogP contribution in [0.4, 0.5) is 22.0 Å². The molecular weight excluding hydrogens is 407 g/mol. The van der Waals surface area contributed by atoms with Gasteiger partial charge in [-0.05, 0) is 53.9 Å². The number of rotatable bonds is 13. The van der Waals surface area contributed by atoms with Gasteiger partial charge in [0.1, 0.15) is 5.41 Å². The lowest BCUT2D eigenvalue weighted by Crippen LogP contribution is -2.59. The highest BCUT2D eigenvalue weighted by Crippen LogP contribution is 2.59. The van der Waals surface area contributed by atoms with Gasteiger partial charge in [0, 0.05) is 5.41 Å². The summed E-state index contributed by atoms with van der Waals surface area (Å²) in [5.41, 5.74) is -6.91. The first kappa shape index (κ1) is 29.5. The molecule has 0 saturated carbocycles. The fourth-order valence-electron chi connectivity index (χ4n) is 3.76. The standard InChI is InChI=1S/C22H41F5O3/c1-10-19(8,21(23,24)20(9,11-2)22(25,26)27)15-29-13-18(7,12-17(5,6)28)14-30-16(3)4/h16,28H,10-15H2,1-9H3. The summed E-state index contributed by atoms with van der Waals surface area (Å²) >= 11 is 0. The minimum atomic E-state index is -5.05. The predicted molar refractivity (Wildman–Crippen MR) is 109 cm³/mol. The average molecular weight is 449 g/mol. The Morgan fingerprint density at radius 3 is 1.63 bits per heavy atom. The quantitative estimate of drug-likeness (QED) is 0.322. The summed E-state index contributed by atoms with van der Waals surface area (Å²) in [5, 5.41) is 10.2. The van der Waals surface area contributed by atoms with E-state index in [9.17, 15) is 18.3 Å². The first-order chi connectivity index (χ1) is 13.2. The second-order valence-electron chi connectivity index (χ2n) is 10.3. The van der Waals surface area contributed by atoms with Crippen LogP contribution in [-0.2, 0) is 9.47 Å². The molecule has 0 fully saturated rings. The zero-order valence-corrected chi connectivity index (χ0v) is 20.0. The lowest BCUT2D eigenvalue weighted by Gasteiger charge is -2.48. The summed E-state index contributed by atoms with van der Waals surface area (Å²) in [6.45, 7) is 12.7. The van der Waals surface area contributed by atoms with Crippen LogP contribution < -0.4 is 0 Å². The highest BCUT2D eigenvalue weighted by Gasteiger charge is 2.70. The molecule has 30 heavy (non-hydrogen) atoms. The van der Waals surface area contributed by atoms with E-state index in [-0.39, 0.29) is 32.2 Å². The molecule has 3 unspecified atom stereocenters. The first-order valence-electron chi connectivity index (χ1n) is 10.6. The number of hydrogen-bond donors (Lipinski definition) is 1. The van der Waals surface area contributed by atoms with Crippen molar-refractivity contribution in [3.05, 3.63) is 0 Å². The van der Waals surface area contributed by atoms with Gasteiger partial charge in [-0.25, -0.2) is 8.78 Å². The zero-order valence-electron chi connectivity index (χ0n) is 20.0. The molecule has 0 aliphatic rings. The second-order valence-corrected chi connectivity index (χ2v) is 10.3. The Labute approximate surface area is 178 Å². The van der Waals surface area contributed by atoms with Crippen LogP contribution in [0.15, 0.2) is 0 Å². The average Bonchev–Trinajstić information content (AvgIpc) is 2.56. The zero-order chi connectivity index (χ0) is 24.2. The Balaban J connectivity index is 5.61. The van der Waals surface area contributed by atoms with Gasteiger partial charge >= 0.3 is 6.18 Å². The maximum atomic E-state index is 15.3. The van der Waals surface area contributed by atoms with E-state index in [2.05, 4.69) is 0 Å². The molecule has 0 aromatic rings. The number of alkyl halides is 5. The van der Waals surface area contributed by atoms with E-state index < -0.39 is 47.0 Å². The molecule has 3 nitrogen and oxygen atoms in total. The summed E-state index contributed by atoms with van der Waals surface area (Å²) in [5.74, 6) is -4.04. The van der Waals surface area contributed by atoms with Gasteiger partial charge in [-0.2, -0.15) is 13.2 Å². The molecule has 0 bridgehead atoms. The molecule has 182 valence electrons. The maximum absolute atomic E-state index is 15.3. The molecule has 0 heterocycles. The smallest absolute Gasteiger partial charge is 0.390 e. The molecule has 0 amide bonds. The number of hydrogen-bond acceptors (Lipinski definition) is 3. The molecule has 0 rings (SSSR count). The van der Waals surface area contributed by atoms with Crippen molar-refractivity contribution in [3.8, 4) is 0 Å². The van der Waals surface area contributed by atoms with Gasteiger partial charge in [0.25, 0.3) is 5.92 Å². The summed E-state index contributed by atoms with van der Waals surface area (Å²) < 4.78 is 82.6. The first-order valence-corrected chi connectivity index (χ1v) is 10.6. The third-order valence-corrected chi connectivity index (χ3v) is 6.06. The fourth-order valence-corrected chi connectivity index (χ4v) is 3.76. The monoisotopic (exact) mass is 448 g/mol. The van der Waals surface area contributed by atoms with Crippen LogP contribution in [0.25, 0.3) is 0 Å². The van der Waals surface area contributed by atoms with Crippen molar-refractivity contribution in [1.29, 1.82) is 0 Å². The Bertz CT molecular complexity index is 530. The Morgan fingerprint density at radius 2 is 1.30 bits per heavy atom. The second kappa shape index (κ2) is 9.99. The predicted octanol–water partition coefficient (Wildman–Crippen LogP) is 6.63. The third-order valence-electron chi connectivity index (χ3n) is 6.06. The van der Waals surface area contributed by atoms with Crippen molar-refractivity contribution in [2.45, 2.75) is 105 Å². The van der Waals surface area contributed by atoms with Crippen molar-refractivity contribution in [2.75, 3.05) is 19.8 Å². The third kappa shape index (κ3) is 7.02. The van der Waals surface area contributed by atoms with Gasteiger partial charge in [-0.3, -0.25) is 0 Å². The molecule has 0 aliphatic heterocycles. The van der Waals surface area contributed by atoms with Crippen molar-refractivity contribution in [3.63, 3.8) is 0 Å². The van der Waals surface area contributed by atoms with E-state index in [1.807, 2.05) is 13.8 Å². The van der Waals surface area contributed by atoms with Gasteiger partial charge in [-0.15, -0.1) is 0 Å². The van der Waals surface area contributed by atoms with Crippen LogP contribution in [0.5, 0.6) is 0 Å². The Kier molecular flexibility index (Phi) is 9.83. The molecule has 0 aromatic heterocycles. The van der Waals surface area contributed by atoms with E-state index in [1.165, 1.54) is 6.92 Å². The van der Waals surface area contributed by atoms with Crippen LogP contribution >= 0.6 is 0 Å². The maximum Gasteiger partial charge on any atom is 0.399 e. The van der Waals surface area contributed by atoms with Gasteiger partial charge in [0.2, 0.25) is 0 Å². The van der Waals surface area contributed by atoms with Crippen LogP contribution in [-0.4, -0.2) is 48.7 Å². The van der Waals surface area contributed by atoms with Crippen molar-refractivity contribution < 1.29 is 36.5 Å². The topological polar surface area (TPSA) is 38.7 Å². The van der Waals surface area contributed by atoms with Crippen molar-refractivity contribution >= 4 is 0 Å². The van der Waals surface area contributed by atoms with E-state index in [4.69, 9.17) is 9.47 Å². The molecule has 8 heteroatoms. The van der Waals surface area contributed by atoms with Crippen molar-refractivity contribution in [2.24, 2.45) is 16.2 Å². The lowest BCUT2D eigenvalue weighted by molar-refractivity contribution is -0.329. The van der Waals surface area contributed by atoms with Crippen LogP contribution in [0.2, 0.25) is 0 Å². The number of ether oxygens (including phenoxy) is 2. The van der Waals surface area contributed by atoms with Crippen LogP contribution in [0.3, 0.4) is 0 Å². The van der Waals surface area contributed by atoms with E-state index in [1.54, 1.807) is 20.8 Å². The summed E-state index contributed by atoms with van der Waals surface area (Å²) in [7, 11) is 0. The van der Waals surface area contributed by atoms with Gasteiger partial charge < -0.3 is 14.6 Å². The summed E-state index contributed by atoms with van der Waals surface area (Å²) in [6.07, 6.45) is -5.77. The minimum Gasteiger partial charge on any atom is -0.390 e. The summed E-state index contributed by atoms with van der Waals surface area (Å²) in [6, 6.07) is 0. The normalized spacial score (nSPS) is 20.0. The lowest BCUT2D eigenvalue weighted by atomic mass is 9.66. The molecule has 1 N–H and O–H groups in total. The Morgan fingerprint density at radius 1 is 0.800 bits per heavy atom.